The summed E-state index contributed by atoms with van der Waals surface area (Å²) in [5.41, 5.74) is 0. The molecule has 0 radical (unpaired) electrons. The van der Waals surface area contributed by atoms with Crippen molar-refractivity contribution in [2.75, 3.05) is 12.3 Å². The first-order valence-corrected chi connectivity index (χ1v) is 5.63. The monoisotopic (exact) mass is 249 g/mol. The molecular weight excluding hydrogens is 237 g/mol. The van der Waals surface area contributed by atoms with Crippen LogP contribution in [-0.2, 0) is 0 Å². The van der Waals surface area contributed by atoms with Gasteiger partial charge in [-0.2, -0.15) is 22.0 Å². The standard InChI is InChI=1S/C8H12F5NS/c9-7(10,11)8(12,13)15-5-6-3-1-2-4-14-6/h6,14H,1-5H2. The van der Waals surface area contributed by atoms with Crippen LogP contribution in [-0.4, -0.2) is 29.8 Å². The molecule has 1 nitrogen and oxygen atoms in total. The lowest BCUT2D eigenvalue weighted by molar-refractivity contribution is -0.237. The fourth-order valence-corrected chi connectivity index (χ4v) is 2.21. The van der Waals surface area contributed by atoms with Gasteiger partial charge in [-0.05, 0) is 19.4 Å². The van der Waals surface area contributed by atoms with E-state index in [0.29, 0.717) is 13.0 Å². The first-order chi connectivity index (χ1) is 6.83. The van der Waals surface area contributed by atoms with Crippen LogP contribution in [0.15, 0.2) is 0 Å². The largest absolute Gasteiger partial charge is 0.464 e. The van der Waals surface area contributed by atoms with Gasteiger partial charge in [0.25, 0.3) is 0 Å². The van der Waals surface area contributed by atoms with E-state index in [0.717, 1.165) is 12.8 Å². The van der Waals surface area contributed by atoms with Crippen molar-refractivity contribution in [1.82, 2.24) is 5.32 Å². The number of nitrogens with one attached hydrogen (secondary N) is 1. The molecule has 1 N–H and O–H groups in total. The minimum atomic E-state index is -5.45. The van der Waals surface area contributed by atoms with Gasteiger partial charge in [0.05, 0.1) is 0 Å². The summed E-state index contributed by atoms with van der Waals surface area (Å²) >= 11 is -0.329. The molecule has 1 atom stereocenters. The first-order valence-electron chi connectivity index (χ1n) is 4.65. The van der Waals surface area contributed by atoms with E-state index < -0.39 is 11.4 Å². The van der Waals surface area contributed by atoms with Crippen LogP contribution >= 0.6 is 11.8 Å². The van der Waals surface area contributed by atoms with E-state index in [2.05, 4.69) is 5.32 Å². The van der Waals surface area contributed by atoms with Crippen molar-refractivity contribution in [2.24, 2.45) is 0 Å². The Hall–Kier alpha value is -0.0400. The molecular formula is C8H12F5NS. The molecule has 7 heteroatoms. The molecule has 1 unspecified atom stereocenters. The number of hydrogen-bond donors (Lipinski definition) is 1. The Labute approximate surface area is 88.8 Å². The molecule has 0 aromatic heterocycles. The predicted molar refractivity (Wildman–Crippen MR) is 49.1 cm³/mol. The fraction of sp³-hybridized carbons (Fsp3) is 1.00. The summed E-state index contributed by atoms with van der Waals surface area (Å²) in [5, 5.41) is -1.71. The Morgan fingerprint density at radius 3 is 2.27 bits per heavy atom. The van der Waals surface area contributed by atoms with Crippen molar-refractivity contribution in [3.05, 3.63) is 0 Å². The molecule has 0 saturated carbocycles. The van der Waals surface area contributed by atoms with Crippen molar-refractivity contribution in [3.8, 4) is 0 Å². The molecule has 1 aliphatic heterocycles. The van der Waals surface area contributed by atoms with Crippen molar-refractivity contribution < 1.29 is 22.0 Å². The van der Waals surface area contributed by atoms with Crippen molar-refractivity contribution in [3.63, 3.8) is 0 Å². The van der Waals surface area contributed by atoms with E-state index in [1.54, 1.807) is 0 Å². The van der Waals surface area contributed by atoms with E-state index >= 15 is 0 Å². The molecule has 1 rings (SSSR count). The number of rotatable bonds is 3. The fourth-order valence-electron chi connectivity index (χ4n) is 1.35. The maximum atomic E-state index is 12.5. The average molecular weight is 249 g/mol. The zero-order valence-electron chi connectivity index (χ0n) is 7.91. The van der Waals surface area contributed by atoms with E-state index in [1.807, 2.05) is 0 Å². The molecule has 0 bridgehead atoms. The van der Waals surface area contributed by atoms with E-state index in [1.165, 1.54) is 0 Å². The third kappa shape index (κ3) is 3.79. The number of alkyl halides is 5. The Morgan fingerprint density at radius 2 is 1.80 bits per heavy atom. The lowest BCUT2D eigenvalue weighted by Gasteiger charge is -2.25. The zero-order valence-corrected chi connectivity index (χ0v) is 8.73. The first kappa shape index (κ1) is 13.0. The molecule has 1 saturated heterocycles. The molecule has 1 heterocycles. The molecule has 0 aromatic carbocycles. The van der Waals surface area contributed by atoms with Gasteiger partial charge in [0.1, 0.15) is 0 Å². The van der Waals surface area contributed by atoms with Crippen LogP contribution in [0.3, 0.4) is 0 Å². The smallest absolute Gasteiger partial charge is 0.313 e. The molecule has 0 aromatic rings. The molecule has 0 aliphatic carbocycles. The minimum Gasteiger partial charge on any atom is -0.313 e. The van der Waals surface area contributed by atoms with Gasteiger partial charge >= 0.3 is 11.4 Å². The van der Waals surface area contributed by atoms with Crippen LogP contribution in [0.1, 0.15) is 19.3 Å². The number of thioether (sulfide) groups is 1. The predicted octanol–water partition coefficient (Wildman–Crippen LogP) is 3.02. The van der Waals surface area contributed by atoms with Gasteiger partial charge < -0.3 is 5.32 Å². The topological polar surface area (TPSA) is 12.0 Å². The second-order valence-corrected chi connectivity index (χ2v) is 4.61. The summed E-state index contributed by atoms with van der Waals surface area (Å²) < 4.78 is 60.4. The summed E-state index contributed by atoms with van der Waals surface area (Å²) in [5.74, 6) is -0.202. The Kier molecular flexibility index (Phi) is 4.22. The van der Waals surface area contributed by atoms with E-state index in [-0.39, 0.29) is 23.6 Å². The van der Waals surface area contributed by atoms with Crippen LogP contribution in [0.4, 0.5) is 22.0 Å². The summed E-state index contributed by atoms with van der Waals surface area (Å²) in [6.07, 6.45) is -2.94. The molecule has 1 fully saturated rings. The number of piperidine rings is 1. The van der Waals surface area contributed by atoms with Gasteiger partial charge in [0.15, 0.2) is 0 Å². The van der Waals surface area contributed by atoms with Crippen LogP contribution in [0, 0.1) is 0 Å². The van der Waals surface area contributed by atoms with Crippen LogP contribution in [0.5, 0.6) is 0 Å². The van der Waals surface area contributed by atoms with Crippen LogP contribution in [0.25, 0.3) is 0 Å². The Bertz CT molecular complexity index is 200. The highest BCUT2D eigenvalue weighted by atomic mass is 32.2. The zero-order chi connectivity index (χ0) is 11.5. The average Bonchev–Trinajstić information content (AvgIpc) is 2.15. The molecule has 0 spiro atoms. The molecule has 0 amide bonds. The SMILES string of the molecule is FC(F)(F)C(F)(F)SCC1CCCCN1. The van der Waals surface area contributed by atoms with Gasteiger partial charge in [-0.3, -0.25) is 0 Å². The molecule has 1 aliphatic rings. The summed E-state index contributed by atoms with van der Waals surface area (Å²) in [6, 6.07) is -0.225. The lowest BCUT2D eigenvalue weighted by Crippen LogP contribution is -2.39. The normalized spacial score (nSPS) is 24.2. The highest BCUT2D eigenvalue weighted by Gasteiger charge is 2.58. The Balaban J connectivity index is 2.35. The Morgan fingerprint density at radius 1 is 1.13 bits per heavy atom. The van der Waals surface area contributed by atoms with Crippen LogP contribution < -0.4 is 5.32 Å². The third-order valence-corrected chi connectivity index (χ3v) is 3.37. The maximum absolute atomic E-state index is 12.5. The van der Waals surface area contributed by atoms with Gasteiger partial charge in [-0.25, -0.2) is 0 Å². The highest BCUT2D eigenvalue weighted by molar-refractivity contribution is 8.00. The summed E-state index contributed by atoms with van der Waals surface area (Å²) in [4.78, 5) is 0. The van der Waals surface area contributed by atoms with Gasteiger partial charge in [-0.1, -0.05) is 18.2 Å². The maximum Gasteiger partial charge on any atom is 0.464 e. The van der Waals surface area contributed by atoms with Gasteiger partial charge in [0.2, 0.25) is 0 Å². The number of halogens is 5. The third-order valence-electron chi connectivity index (χ3n) is 2.21. The van der Waals surface area contributed by atoms with Crippen LogP contribution in [0.2, 0.25) is 0 Å². The highest BCUT2D eigenvalue weighted by Crippen LogP contribution is 2.44. The van der Waals surface area contributed by atoms with Crippen molar-refractivity contribution >= 4 is 11.8 Å². The van der Waals surface area contributed by atoms with Crippen molar-refractivity contribution in [1.29, 1.82) is 0 Å². The molecule has 15 heavy (non-hydrogen) atoms. The van der Waals surface area contributed by atoms with Gasteiger partial charge in [0, 0.05) is 11.8 Å². The van der Waals surface area contributed by atoms with E-state index in [4.69, 9.17) is 0 Å². The number of hydrogen-bond acceptors (Lipinski definition) is 2. The van der Waals surface area contributed by atoms with Crippen molar-refractivity contribution in [2.45, 2.75) is 36.7 Å². The quantitative estimate of drug-likeness (QED) is 0.772. The van der Waals surface area contributed by atoms with E-state index in [9.17, 15) is 22.0 Å². The lowest BCUT2D eigenvalue weighted by atomic mass is 10.1. The summed E-state index contributed by atoms with van der Waals surface area (Å²) in [7, 11) is 0. The second kappa shape index (κ2) is 4.86. The second-order valence-electron chi connectivity index (χ2n) is 3.47. The van der Waals surface area contributed by atoms with Gasteiger partial charge in [-0.15, -0.1) is 0 Å². The molecule has 90 valence electrons. The summed E-state index contributed by atoms with van der Waals surface area (Å²) in [6.45, 7) is 0.697. The minimum absolute atomic E-state index is 0.202.